The topological polar surface area (TPSA) is 12.4 Å². The summed E-state index contributed by atoms with van der Waals surface area (Å²) < 4.78 is 28.4. The van der Waals surface area contributed by atoms with Crippen molar-refractivity contribution >= 4 is 23.1 Å². The van der Waals surface area contributed by atoms with Crippen molar-refractivity contribution < 1.29 is 8.78 Å². The van der Waals surface area contributed by atoms with Gasteiger partial charge in [-0.2, -0.15) is 4.99 Å². The monoisotopic (exact) mass is 289 g/mol. The van der Waals surface area contributed by atoms with Crippen molar-refractivity contribution in [1.82, 2.24) is 0 Å². The molecule has 0 aromatic heterocycles. The number of rotatable bonds is 4. The minimum absolute atomic E-state index is 0.358. The molecular formula is C16H13F2NS. The van der Waals surface area contributed by atoms with Crippen LogP contribution in [0.3, 0.4) is 0 Å². The van der Waals surface area contributed by atoms with E-state index in [1.807, 2.05) is 42.4 Å². The predicted molar refractivity (Wildman–Crippen MR) is 80.5 cm³/mol. The molecular weight excluding hydrogens is 276 g/mol. The lowest BCUT2D eigenvalue weighted by Crippen LogP contribution is -1.98. The quantitative estimate of drug-likeness (QED) is 0.548. The molecule has 0 atom stereocenters. The van der Waals surface area contributed by atoms with Crippen LogP contribution in [0, 0.1) is 11.6 Å². The van der Waals surface area contributed by atoms with Gasteiger partial charge in [-0.1, -0.05) is 43.7 Å². The molecule has 0 aliphatic rings. The smallest absolute Gasteiger partial charge is 0.156 e. The fourth-order valence-electron chi connectivity index (χ4n) is 2.17. The van der Waals surface area contributed by atoms with Gasteiger partial charge in [-0.15, -0.1) is 0 Å². The molecule has 0 radical (unpaired) electrons. The third-order valence-electron chi connectivity index (χ3n) is 3.04. The highest BCUT2D eigenvalue weighted by Gasteiger charge is 2.18. The summed E-state index contributed by atoms with van der Waals surface area (Å²) in [5.74, 6) is -1.37. The maximum absolute atomic E-state index is 14.4. The molecule has 0 heterocycles. The summed E-state index contributed by atoms with van der Waals surface area (Å²) in [6.45, 7) is 1.94. The molecule has 0 bridgehead atoms. The maximum Gasteiger partial charge on any atom is 0.156 e. The Morgan fingerprint density at radius 1 is 1.20 bits per heavy atom. The van der Waals surface area contributed by atoms with E-state index in [4.69, 9.17) is 0 Å². The van der Waals surface area contributed by atoms with Gasteiger partial charge in [-0.3, -0.25) is 0 Å². The van der Waals surface area contributed by atoms with Crippen LogP contribution in [0.4, 0.5) is 14.5 Å². The van der Waals surface area contributed by atoms with Crippen molar-refractivity contribution in [3.8, 4) is 11.1 Å². The third-order valence-corrected chi connectivity index (χ3v) is 3.13. The predicted octanol–water partition coefficient (Wildman–Crippen LogP) is 5.32. The number of isothiocyanates is 1. The van der Waals surface area contributed by atoms with Crippen molar-refractivity contribution in [2.24, 2.45) is 4.99 Å². The fraction of sp³-hybridized carbons (Fsp3) is 0.188. The number of aliphatic imine (C=N–C) groups is 1. The molecule has 0 saturated carbocycles. The SMILES string of the molecule is CCCc1c(-c2ccccc2)cc(F)c(N=C=S)c1F. The Morgan fingerprint density at radius 2 is 1.90 bits per heavy atom. The number of nitrogens with zero attached hydrogens (tertiary/aromatic N) is 1. The average molecular weight is 289 g/mol. The number of hydrogen-bond acceptors (Lipinski definition) is 2. The van der Waals surface area contributed by atoms with Gasteiger partial charge in [0.25, 0.3) is 0 Å². The molecule has 0 N–H and O–H groups in total. The van der Waals surface area contributed by atoms with Gasteiger partial charge in [0.2, 0.25) is 0 Å². The number of halogens is 2. The molecule has 2 aromatic rings. The summed E-state index contributed by atoms with van der Waals surface area (Å²) in [6, 6.07) is 10.5. The van der Waals surface area contributed by atoms with Crippen LogP contribution in [0.5, 0.6) is 0 Å². The van der Waals surface area contributed by atoms with E-state index in [1.165, 1.54) is 6.07 Å². The largest absolute Gasteiger partial charge is 0.204 e. The van der Waals surface area contributed by atoms with E-state index in [0.717, 1.165) is 12.0 Å². The summed E-state index contributed by atoms with van der Waals surface area (Å²) >= 11 is 4.44. The number of benzene rings is 2. The van der Waals surface area contributed by atoms with Gasteiger partial charge in [-0.25, -0.2) is 8.78 Å². The summed E-state index contributed by atoms with van der Waals surface area (Å²) in [5.41, 5.74) is 1.45. The Morgan fingerprint density at radius 3 is 2.50 bits per heavy atom. The Balaban J connectivity index is 2.71. The van der Waals surface area contributed by atoms with Crippen molar-refractivity contribution in [3.63, 3.8) is 0 Å². The number of hydrogen-bond donors (Lipinski definition) is 0. The second-order valence-corrected chi connectivity index (χ2v) is 4.55. The summed E-state index contributed by atoms with van der Waals surface area (Å²) in [6.07, 6.45) is 1.26. The van der Waals surface area contributed by atoms with E-state index in [1.54, 1.807) is 0 Å². The molecule has 2 aromatic carbocycles. The highest BCUT2D eigenvalue weighted by atomic mass is 32.1. The van der Waals surface area contributed by atoms with Gasteiger partial charge in [0.15, 0.2) is 11.6 Å². The first kappa shape index (κ1) is 14.5. The van der Waals surface area contributed by atoms with Gasteiger partial charge < -0.3 is 0 Å². The maximum atomic E-state index is 14.4. The van der Waals surface area contributed by atoms with Gasteiger partial charge >= 0.3 is 0 Å². The Bertz CT molecular complexity index is 662. The zero-order chi connectivity index (χ0) is 14.5. The van der Waals surface area contributed by atoms with Crippen LogP contribution in [0.1, 0.15) is 18.9 Å². The van der Waals surface area contributed by atoms with Gasteiger partial charge in [0, 0.05) is 0 Å². The van der Waals surface area contributed by atoms with Crippen molar-refractivity contribution in [2.45, 2.75) is 19.8 Å². The van der Waals surface area contributed by atoms with Gasteiger partial charge in [-0.05, 0) is 41.4 Å². The average Bonchev–Trinajstić information content (AvgIpc) is 2.47. The lowest BCUT2D eigenvalue weighted by atomic mass is 9.95. The summed E-state index contributed by atoms with van der Waals surface area (Å²) in [7, 11) is 0. The first-order valence-corrected chi connectivity index (χ1v) is 6.74. The van der Waals surface area contributed by atoms with Gasteiger partial charge in [0.05, 0.1) is 5.16 Å². The Labute approximate surface area is 122 Å². The second kappa shape index (κ2) is 6.51. The Kier molecular flexibility index (Phi) is 4.72. The second-order valence-electron chi connectivity index (χ2n) is 4.37. The van der Waals surface area contributed by atoms with Crippen molar-refractivity contribution in [2.75, 3.05) is 0 Å². The van der Waals surface area contributed by atoms with E-state index < -0.39 is 11.6 Å². The highest BCUT2D eigenvalue weighted by molar-refractivity contribution is 7.78. The summed E-state index contributed by atoms with van der Waals surface area (Å²) in [4.78, 5) is 3.50. The van der Waals surface area contributed by atoms with Crippen LogP contribution in [0.2, 0.25) is 0 Å². The van der Waals surface area contributed by atoms with E-state index in [0.29, 0.717) is 17.5 Å². The molecule has 0 fully saturated rings. The third kappa shape index (κ3) is 2.82. The van der Waals surface area contributed by atoms with E-state index in [2.05, 4.69) is 17.2 Å². The van der Waals surface area contributed by atoms with Crippen LogP contribution in [0.25, 0.3) is 11.1 Å². The zero-order valence-electron chi connectivity index (χ0n) is 11.0. The van der Waals surface area contributed by atoms with Gasteiger partial charge in [0.1, 0.15) is 5.69 Å². The van der Waals surface area contributed by atoms with Crippen molar-refractivity contribution in [1.29, 1.82) is 0 Å². The molecule has 102 valence electrons. The van der Waals surface area contributed by atoms with Crippen LogP contribution < -0.4 is 0 Å². The zero-order valence-corrected chi connectivity index (χ0v) is 11.8. The number of thiocarbonyl (C=S) groups is 1. The minimum atomic E-state index is -0.724. The standard InChI is InChI=1S/C16H13F2NS/c1-2-6-12-13(11-7-4-3-5-8-11)9-14(17)16(15(12)18)19-10-20/h3-5,7-9H,2,6H2,1H3. The minimum Gasteiger partial charge on any atom is -0.204 e. The molecule has 20 heavy (non-hydrogen) atoms. The van der Waals surface area contributed by atoms with Crippen LogP contribution in [0.15, 0.2) is 41.4 Å². The molecule has 2 rings (SSSR count). The molecule has 0 aliphatic heterocycles. The van der Waals surface area contributed by atoms with E-state index in [-0.39, 0.29) is 5.69 Å². The van der Waals surface area contributed by atoms with E-state index >= 15 is 0 Å². The first-order chi connectivity index (χ1) is 9.69. The molecule has 0 unspecified atom stereocenters. The fourth-order valence-corrected chi connectivity index (χ4v) is 2.26. The lowest BCUT2D eigenvalue weighted by Gasteiger charge is -2.12. The molecule has 0 saturated heterocycles. The lowest BCUT2D eigenvalue weighted by molar-refractivity contribution is 0.576. The molecule has 4 heteroatoms. The molecule has 0 aliphatic carbocycles. The normalized spacial score (nSPS) is 10.2. The van der Waals surface area contributed by atoms with Crippen LogP contribution >= 0.6 is 12.2 Å². The van der Waals surface area contributed by atoms with Crippen molar-refractivity contribution in [3.05, 3.63) is 53.6 Å². The molecule has 0 amide bonds. The molecule has 1 nitrogen and oxygen atoms in total. The molecule has 0 spiro atoms. The Hall–Kier alpha value is -1.90. The van der Waals surface area contributed by atoms with Crippen LogP contribution in [-0.2, 0) is 6.42 Å². The van der Waals surface area contributed by atoms with E-state index in [9.17, 15) is 8.78 Å². The highest BCUT2D eigenvalue weighted by Crippen LogP contribution is 2.34. The van der Waals surface area contributed by atoms with Crippen LogP contribution in [-0.4, -0.2) is 5.16 Å². The first-order valence-electron chi connectivity index (χ1n) is 6.33. The summed E-state index contributed by atoms with van der Waals surface area (Å²) in [5, 5.41) is 2.02.